The van der Waals surface area contributed by atoms with Crippen molar-refractivity contribution in [3.63, 3.8) is 0 Å². The Morgan fingerprint density at radius 2 is 1.86 bits per heavy atom. The smallest absolute Gasteiger partial charge is 0.0349 e. The number of benzene rings is 1. The van der Waals surface area contributed by atoms with Crippen molar-refractivity contribution >= 4 is 21.4 Å². The molecule has 1 saturated heterocycles. The molecule has 0 saturated carbocycles. The lowest BCUT2D eigenvalue weighted by molar-refractivity contribution is 0.277. The van der Waals surface area contributed by atoms with Gasteiger partial charge in [0.1, 0.15) is 0 Å². The molecule has 2 nitrogen and oxygen atoms in total. The Morgan fingerprint density at radius 1 is 1.10 bits per heavy atom. The van der Waals surface area contributed by atoms with Gasteiger partial charge in [-0.25, -0.2) is 0 Å². The Balaban J connectivity index is 1.86. The van der Waals surface area contributed by atoms with E-state index >= 15 is 0 Å². The zero-order valence-electron chi connectivity index (χ0n) is 13.0. The van der Waals surface area contributed by atoms with Crippen molar-refractivity contribution < 1.29 is 0 Å². The molecule has 0 amide bonds. The second-order valence-electron chi connectivity index (χ2n) is 5.97. The maximum Gasteiger partial charge on any atom is 0.0349 e. The maximum atomic E-state index is 3.51. The number of likely N-dealkylation sites (tertiary alicyclic amines) is 1. The predicted molar refractivity (Wildman–Crippen MR) is 93.0 cm³/mol. The summed E-state index contributed by atoms with van der Waals surface area (Å²) in [5.74, 6) is 0. The minimum atomic E-state index is 1.01. The highest BCUT2D eigenvalue weighted by Gasteiger charge is 2.16. The Morgan fingerprint density at radius 3 is 2.62 bits per heavy atom. The molecule has 2 aromatic rings. The highest BCUT2D eigenvalue weighted by Crippen LogP contribution is 2.32. The lowest BCUT2D eigenvalue weighted by atomic mass is 10.1. The molecule has 114 valence electrons. The number of nitrogens with zero attached hydrogens (tertiary/aromatic N) is 1. The van der Waals surface area contributed by atoms with Crippen molar-refractivity contribution in [3.8, 4) is 0 Å². The summed E-state index contributed by atoms with van der Waals surface area (Å²) in [7, 11) is 0. The molecule has 1 aliphatic heterocycles. The molecule has 1 aromatic heterocycles. The molecule has 0 aliphatic carbocycles. The van der Waals surface area contributed by atoms with E-state index in [9.17, 15) is 0 Å². The van der Waals surface area contributed by atoms with Crippen molar-refractivity contribution in [1.82, 2.24) is 10.2 Å². The third-order valence-corrected chi connectivity index (χ3v) is 5.61. The van der Waals surface area contributed by atoms with Crippen LogP contribution in [0, 0.1) is 0 Å². The van der Waals surface area contributed by atoms with Crippen molar-refractivity contribution in [2.24, 2.45) is 0 Å². The monoisotopic (exact) mass is 302 g/mol. The van der Waals surface area contributed by atoms with E-state index in [1.807, 2.05) is 11.3 Å². The number of nitrogens with one attached hydrogen (secondary N) is 1. The number of hydrogen-bond acceptors (Lipinski definition) is 3. The summed E-state index contributed by atoms with van der Waals surface area (Å²) < 4.78 is 1.44. The molecular formula is C18H26N2S. The standard InChI is InChI=1S/C18H26N2S/c1-2-19-13-18-16(14-20-11-7-3-4-8-12-20)15-9-5-6-10-17(15)21-18/h5-6,9-10,19H,2-4,7-8,11-14H2,1H3. The van der Waals surface area contributed by atoms with Crippen LogP contribution in [0.3, 0.4) is 0 Å². The number of fused-ring (bicyclic) bond motifs is 1. The van der Waals surface area contributed by atoms with Crippen LogP contribution in [0.2, 0.25) is 0 Å². The van der Waals surface area contributed by atoms with Crippen LogP contribution in [0.4, 0.5) is 0 Å². The van der Waals surface area contributed by atoms with E-state index in [1.54, 1.807) is 5.56 Å². The fourth-order valence-corrected chi connectivity index (χ4v) is 4.41. The Bertz CT molecular complexity index is 568. The van der Waals surface area contributed by atoms with Crippen LogP contribution in [-0.4, -0.2) is 24.5 Å². The highest BCUT2D eigenvalue weighted by molar-refractivity contribution is 7.19. The van der Waals surface area contributed by atoms with Crippen molar-refractivity contribution in [3.05, 3.63) is 34.7 Å². The molecule has 1 N–H and O–H groups in total. The second-order valence-corrected chi connectivity index (χ2v) is 7.11. The van der Waals surface area contributed by atoms with Crippen LogP contribution >= 0.6 is 11.3 Å². The summed E-state index contributed by atoms with van der Waals surface area (Å²) in [5.41, 5.74) is 1.57. The molecule has 0 unspecified atom stereocenters. The van der Waals surface area contributed by atoms with Crippen LogP contribution < -0.4 is 5.32 Å². The first-order chi connectivity index (χ1) is 10.4. The summed E-state index contributed by atoms with van der Waals surface area (Å²) >= 11 is 1.97. The summed E-state index contributed by atoms with van der Waals surface area (Å²) in [6.45, 7) is 7.90. The number of thiophene rings is 1. The van der Waals surface area contributed by atoms with Gasteiger partial charge in [-0.3, -0.25) is 4.90 Å². The van der Waals surface area contributed by atoms with Gasteiger partial charge >= 0.3 is 0 Å². The largest absolute Gasteiger partial charge is 0.312 e. The molecule has 0 spiro atoms. The molecule has 0 atom stereocenters. The first kappa shape index (κ1) is 15.0. The first-order valence-electron chi connectivity index (χ1n) is 8.31. The zero-order valence-corrected chi connectivity index (χ0v) is 13.8. The second kappa shape index (κ2) is 7.39. The minimum Gasteiger partial charge on any atom is -0.312 e. The van der Waals surface area contributed by atoms with Gasteiger partial charge in [-0.1, -0.05) is 38.0 Å². The Labute approximate surface area is 132 Å². The van der Waals surface area contributed by atoms with E-state index < -0.39 is 0 Å². The molecular weight excluding hydrogens is 276 g/mol. The van der Waals surface area contributed by atoms with E-state index in [0.717, 1.165) is 19.6 Å². The maximum absolute atomic E-state index is 3.51. The van der Waals surface area contributed by atoms with Crippen LogP contribution in [0.15, 0.2) is 24.3 Å². The van der Waals surface area contributed by atoms with Crippen molar-refractivity contribution in [2.75, 3.05) is 19.6 Å². The van der Waals surface area contributed by atoms with E-state index in [2.05, 4.69) is 41.4 Å². The lowest BCUT2D eigenvalue weighted by Gasteiger charge is -2.20. The van der Waals surface area contributed by atoms with Gasteiger partial charge in [-0.05, 0) is 49.5 Å². The topological polar surface area (TPSA) is 15.3 Å². The van der Waals surface area contributed by atoms with E-state index in [0.29, 0.717) is 0 Å². The van der Waals surface area contributed by atoms with Gasteiger partial charge in [-0.2, -0.15) is 0 Å². The fourth-order valence-electron chi connectivity index (χ4n) is 3.22. The van der Waals surface area contributed by atoms with E-state index in [-0.39, 0.29) is 0 Å². The first-order valence-corrected chi connectivity index (χ1v) is 9.12. The molecule has 1 aliphatic rings. The van der Waals surface area contributed by atoms with Gasteiger partial charge < -0.3 is 5.32 Å². The lowest BCUT2D eigenvalue weighted by Crippen LogP contribution is -2.24. The van der Waals surface area contributed by atoms with Crippen LogP contribution in [0.5, 0.6) is 0 Å². The molecule has 0 bridgehead atoms. The third-order valence-electron chi connectivity index (χ3n) is 4.40. The normalized spacial score (nSPS) is 17.2. The van der Waals surface area contributed by atoms with Gasteiger partial charge in [0.05, 0.1) is 0 Å². The molecule has 3 heteroatoms. The minimum absolute atomic E-state index is 1.01. The van der Waals surface area contributed by atoms with Crippen LogP contribution in [0.1, 0.15) is 43.0 Å². The Kier molecular flexibility index (Phi) is 5.28. The van der Waals surface area contributed by atoms with E-state index in [1.165, 1.54) is 53.7 Å². The molecule has 3 rings (SSSR count). The molecule has 0 radical (unpaired) electrons. The van der Waals surface area contributed by atoms with E-state index in [4.69, 9.17) is 0 Å². The average Bonchev–Trinajstić information content (AvgIpc) is 2.68. The summed E-state index contributed by atoms with van der Waals surface area (Å²) in [6, 6.07) is 8.90. The summed E-state index contributed by atoms with van der Waals surface area (Å²) in [5, 5.41) is 4.98. The summed E-state index contributed by atoms with van der Waals surface area (Å²) in [4.78, 5) is 4.19. The number of rotatable bonds is 5. The van der Waals surface area contributed by atoms with Gasteiger partial charge in [0.25, 0.3) is 0 Å². The molecule has 21 heavy (non-hydrogen) atoms. The van der Waals surface area contributed by atoms with Gasteiger partial charge in [0.2, 0.25) is 0 Å². The van der Waals surface area contributed by atoms with Crippen LogP contribution in [-0.2, 0) is 13.1 Å². The van der Waals surface area contributed by atoms with Crippen LogP contribution in [0.25, 0.3) is 10.1 Å². The van der Waals surface area contributed by atoms with Gasteiger partial charge in [0, 0.05) is 22.7 Å². The predicted octanol–water partition coefficient (Wildman–Crippen LogP) is 4.39. The SMILES string of the molecule is CCNCc1sc2ccccc2c1CN1CCCCCC1. The quantitative estimate of drug-likeness (QED) is 0.881. The zero-order chi connectivity index (χ0) is 14.5. The third kappa shape index (κ3) is 3.65. The molecule has 2 heterocycles. The molecule has 1 aromatic carbocycles. The molecule has 1 fully saturated rings. The highest BCUT2D eigenvalue weighted by atomic mass is 32.1. The van der Waals surface area contributed by atoms with Gasteiger partial charge in [-0.15, -0.1) is 11.3 Å². The van der Waals surface area contributed by atoms with Gasteiger partial charge in [0.15, 0.2) is 0 Å². The fraction of sp³-hybridized carbons (Fsp3) is 0.556. The number of hydrogen-bond donors (Lipinski definition) is 1. The van der Waals surface area contributed by atoms with Crippen molar-refractivity contribution in [1.29, 1.82) is 0 Å². The Hall–Kier alpha value is -0.900. The average molecular weight is 302 g/mol. The van der Waals surface area contributed by atoms with Crippen molar-refractivity contribution in [2.45, 2.75) is 45.7 Å². The summed E-state index contributed by atoms with van der Waals surface area (Å²) in [6.07, 6.45) is 5.55.